The molecule has 0 aromatic heterocycles. The van der Waals surface area contributed by atoms with E-state index in [2.05, 4.69) is 37.8 Å². The number of morpholine rings is 1. The predicted octanol–water partition coefficient (Wildman–Crippen LogP) is 4.12. The fraction of sp³-hybridized carbons (Fsp3) is 0.857. The van der Waals surface area contributed by atoms with Crippen molar-refractivity contribution >= 4 is 5.97 Å². The van der Waals surface area contributed by atoms with Crippen LogP contribution in [0.15, 0.2) is 11.6 Å². The van der Waals surface area contributed by atoms with Crippen molar-refractivity contribution in [2.75, 3.05) is 32.8 Å². The van der Waals surface area contributed by atoms with Crippen LogP contribution in [0, 0.1) is 57.2 Å². The van der Waals surface area contributed by atoms with Gasteiger partial charge in [0.2, 0.25) is 0 Å². The summed E-state index contributed by atoms with van der Waals surface area (Å²) in [7, 11) is 0. The van der Waals surface area contributed by atoms with E-state index in [9.17, 15) is 15.2 Å². The quantitative estimate of drug-likeness (QED) is 0.612. The Balaban J connectivity index is 1.43. The van der Waals surface area contributed by atoms with Crippen LogP contribution < -0.4 is 0 Å². The molecule has 0 radical (unpaired) electrons. The van der Waals surface area contributed by atoms with Gasteiger partial charge in [0.05, 0.1) is 36.9 Å². The molecule has 2 heterocycles. The summed E-state index contributed by atoms with van der Waals surface area (Å²) in [6, 6.07) is 2.77. The molecule has 6 nitrogen and oxygen atoms in total. The maximum atomic E-state index is 13.6. The standard InChI is InChI=1S/C28H40N2O4/c1-17(2)23-12-19-13-26(16-29)22-6-4-18(3)21(22)14-27(19,28(23,26)25(31)32)24-7-5-20(34-24)15-30-8-10-33-11-9-30/h12,17-22,24H,4-11,13-15H2,1-3H3,(H,31,32)/t18-,19?,20?,21-,22-,24?,26?,27?,28?/m1/s1. The van der Waals surface area contributed by atoms with Gasteiger partial charge in [-0.1, -0.05) is 38.8 Å². The zero-order valence-electron chi connectivity index (χ0n) is 21.0. The maximum Gasteiger partial charge on any atom is 0.316 e. The second-order valence-corrected chi connectivity index (χ2v) is 12.5. The summed E-state index contributed by atoms with van der Waals surface area (Å²) >= 11 is 0. The number of ether oxygens (including phenoxy) is 2. The number of allylic oxidation sites excluding steroid dienone is 1. The van der Waals surface area contributed by atoms with E-state index in [1.807, 2.05) is 0 Å². The summed E-state index contributed by atoms with van der Waals surface area (Å²) in [5.41, 5.74) is -1.39. The van der Waals surface area contributed by atoms with Gasteiger partial charge in [0.1, 0.15) is 5.41 Å². The third-order valence-electron chi connectivity index (χ3n) is 11.2. The minimum atomic E-state index is -1.11. The van der Waals surface area contributed by atoms with Crippen molar-refractivity contribution in [3.8, 4) is 6.07 Å². The molecule has 0 amide bonds. The Kier molecular flexibility index (Phi) is 5.27. The second-order valence-electron chi connectivity index (χ2n) is 12.5. The highest BCUT2D eigenvalue weighted by molar-refractivity contribution is 5.86. The first-order valence-electron chi connectivity index (χ1n) is 13.6. The van der Waals surface area contributed by atoms with Crippen LogP contribution in [0.25, 0.3) is 0 Å². The highest BCUT2D eigenvalue weighted by atomic mass is 16.5. The molecule has 186 valence electrons. The molecule has 0 aromatic rings. The molecule has 6 aliphatic rings. The first-order chi connectivity index (χ1) is 16.3. The van der Waals surface area contributed by atoms with E-state index < -0.39 is 22.2 Å². The smallest absolute Gasteiger partial charge is 0.316 e. The Morgan fingerprint density at radius 2 is 2.00 bits per heavy atom. The first-order valence-corrected chi connectivity index (χ1v) is 13.6. The number of nitrogens with zero attached hydrogens (tertiary/aromatic N) is 2. The molecule has 9 atom stereocenters. The van der Waals surface area contributed by atoms with E-state index in [1.165, 1.54) is 0 Å². The molecule has 6 rings (SSSR count). The van der Waals surface area contributed by atoms with Crippen molar-refractivity contribution in [3.63, 3.8) is 0 Å². The van der Waals surface area contributed by atoms with E-state index in [4.69, 9.17) is 9.47 Å². The third kappa shape index (κ3) is 2.59. The molecule has 0 aromatic carbocycles. The number of nitriles is 1. The number of carboxylic acid groups (broad SMARTS) is 1. The zero-order chi connectivity index (χ0) is 23.9. The Morgan fingerprint density at radius 1 is 1.24 bits per heavy atom. The van der Waals surface area contributed by atoms with Crippen LogP contribution in [0.3, 0.4) is 0 Å². The van der Waals surface area contributed by atoms with Gasteiger partial charge in [0, 0.05) is 25.0 Å². The molecule has 6 heteroatoms. The van der Waals surface area contributed by atoms with Gasteiger partial charge >= 0.3 is 5.97 Å². The number of hydrogen-bond acceptors (Lipinski definition) is 5. The van der Waals surface area contributed by atoms with Crippen molar-refractivity contribution in [1.29, 1.82) is 5.26 Å². The average molecular weight is 469 g/mol. The summed E-state index contributed by atoms with van der Waals surface area (Å²) in [6.07, 6.45) is 7.96. The number of fused-ring (bicyclic) bond motifs is 2. The van der Waals surface area contributed by atoms with Crippen LogP contribution in [0.2, 0.25) is 0 Å². The molecule has 6 unspecified atom stereocenters. The predicted molar refractivity (Wildman–Crippen MR) is 127 cm³/mol. The molecule has 1 N–H and O–H groups in total. The third-order valence-corrected chi connectivity index (χ3v) is 11.2. The van der Waals surface area contributed by atoms with Crippen molar-refractivity contribution in [2.45, 2.75) is 71.5 Å². The Hall–Kier alpha value is -1.42. The van der Waals surface area contributed by atoms with Crippen LogP contribution in [-0.2, 0) is 14.3 Å². The van der Waals surface area contributed by atoms with E-state index in [-0.39, 0.29) is 30.0 Å². The van der Waals surface area contributed by atoms with Crippen molar-refractivity contribution in [3.05, 3.63) is 11.6 Å². The number of carboxylic acids is 1. The van der Waals surface area contributed by atoms with Crippen LogP contribution in [0.5, 0.6) is 0 Å². The van der Waals surface area contributed by atoms with Gasteiger partial charge in [-0.15, -0.1) is 0 Å². The molecule has 34 heavy (non-hydrogen) atoms. The summed E-state index contributed by atoms with van der Waals surface area (Å²) in [5.74, 6) is 0.662. The molecule has 2 saturated heterocycles. The summed E-state index contributed by atoms with van der Waals surface area (Å²) in [5, 5.41) is 22.0. The summed E-state index contributed by atoms with van der Waals surface area (Å²) < 4.78 is 12.4. The lowest BCUT2D eigenvalue weighted by molar-refractivity contribution is -0.191. The summed E-state index contributed by atoms with van der Waals surface area (Å²) in [6.45, 7) is 10.9. The number of carbonyl (C=O) groups is 1. The highest BCUT2D eigenvalue weighted by Crippen LogP contribution is 2.84. The minimum absolute atomic E-state index is 0.0869. The van der Waals surface area contributed by atoms with E-state index >= 15 is 0 Å². The summed E-state index contributed by atoms with van der Waals surface area (Å²) in [4.78, 5) is 16.1. The molecule has 4 aliphatic carbocycles. The molecule has 2 aliphatic heterocycles. The Bertz CT molecular complexity index is 935. The minimum Gasteiger partial charge on any atom is -0.481 e. The van der Waals surface area contributed by atoms with E-state index in [0.29, 0.717) is 18.3 Å². The van der Waals surface area contributed by atoms with Gasteiger partial charge in [-0.05, 0) is 61.7 Å². The van der Waals surface area contributed by atoms with Gasteiger partial charge < -0.3 is 14.6 Å². The molecular formula is C28H40N2O4. The SMILES string of the molecule is CC(C)C1=CC2CC3(C#N)[C@@H]4CC[C@@H](C)[C@H]4CC2(C2CCC(CN4CCOCC4)O2)C13C(=O)O. The van der Waals surface area contributed by atoms with Crippen LogP contribution in [0.1, 0.15) is 59.3 Å². The van der Waals surface area contributed by atoms with Crippen LogP contribution in [0.4, 0.5) is 0 Å². The number of rotatable bonds is 5. The first kappa shape index (κ1) is 23.0. The van der Waals surface area contributed by atoms with Gasteiger partial charge in [0.15, 0.2) is 0 Å². The maximum absolute atomic E-state index is 13.6. The number of hydrogen-bond donors (Lipinski definition) is 1. The lowest BCUT2D eigenvalue weighted by atomic mass is 9.41. The van der Waals surface area contributed by atoms with Gasteiger partial charge in [-0.3, -0.25) is 9.69 Å². The van der Waals surface area contributed by atoms with Gasteiger partial charge in [-0.25, -0.2) is 0 Å². The number of aliphatic carboxylic acids is 1. The highest BCUT2D eigenvalue weighted by Gasteiger charge is 2.86. The monoisotopic (exact) mass is 468 g/mol. The molecule has 3 saturated carbocycles. The second kappa shape index (κ2) is 7.79. The van der Waals surface area contributed by atoms with Crippen LogP contribution >= 0.6 is 0 Å². The van der Waals surface area contributed by atoms with Crippen molar-refractivity contribution in [2.24, 2.45) is 45.8 Å². The molecule has 5 fully saturated rings. The largest absolute Gasteiger partial charge is 0.481 e. The van der Waals surface area contributed by atoms with Gasteiger partial charge in [-0.2, -0.15) is 5.26 Å². The van der Waals surface area contributed by atoms with E-state index in [0.717, 1.165) is 70.5 Å². The van der Waals surface area contributed by atoms with Crippen molar-refractivity contribution in [1.82, 2.24) is 4.90 Å². The van der Waals surface area contributed by atoms with Crippen LogP contribution in [-0.4, -0.2) is 61.0 Å². The lowest BCUT2D eigenvalue weighted by Crippen LogP contribution is -2.64. The van der Waals surface area contributed by atoms with Crippen molar-refractivity contribution < 1.29 is 19.4 Å². The normalized spacial score (nSPS) is 49.8. The molecule has 0 spiro atoms. The fourth-order valence-electron chi connectivity index (χ4n) is 10.1. The Morgan fingerprint density at radius 3 is 2.68 bits per heavy atom. The Labute approximate surface area is 203 Å². The topological polar surface area (TPSA) is 82.8 Å². The fourth-order valence-corrected chi connectivity index (χ4v) is 10.1. The lowest BCUT2D eigenvalue weighted by Gasteiger charge is -2.59. The van der Waals surface area contributed by atoms with Gasteiger partial charge in [0.25, 0.3) is 0 Å². The average Bonchev–Trinajstić information content (AvgIpc) is 3.54. The molecule has 4 bridgehead atoms. The van der Waals surface area contributed by atoms with E-state index in [1.54, 1.807) is 0 Å². The zero-order valence-corrected chi connectivity index (χ0v) is 21.0. The molecular weight excluding hydrogens is 428 g/mol.